The van der Waals surface area contributed by atoms with Gasteiger partial charge in [0.25, 0.3) is 0 Å². The molecule has 0 saturated carbocycles. The van der Waals surface area contributed by atoms with Crippen molar-refractivity contribution in [2.75, 3.05) is 0 Å². The Morgan fingerprint density at radius 3 is 2.57 bits per heavy atom. The number of para-hydroxylation sites is 2. The van der Waals surface area contributed by atoms with Crippen molar-refractivity contribution >= 4 is 29.3 Å². The molecule has 0 aliphatic rings. The van der Waals surface area contributed by atoms with Crippen molar-refractivity contribution in [1.29, 1.82) is 0 Å². The van der Waals surface area contributed by atoms with Crippen LogP contribution >= 0.6 is 12.4 Å². The van der Waals surface area contributed by atoms with Gasteiger partial charge in [-0.3, -0.25) is 4.79 Å². The number of halogens is 1. The van der Waals surface area contributed by atoms with Crippen molar-refractivity contribution < 1.29 is 4.79 Å². The van der Waals surface area contributed by atoms with Crippen LogP contribution in [0.2, 0.25) is 0 Å². The largest absolute Gasteiger partial charge is 0.352 e. The first-order chi connectivity index (χ1) is 10.7. The standard InChI is InChI=1S/C18H19N3O.ClH/c1-14-20-16-9-5-6-10-17(16)21(14)12-11-18(22)19-13-15-7-3-2-4-8-15;/h2-10H,11-13H2,1H3,(H,19,22);1H. The first-order valence-electron chi connectivity index (χ1n) is 7.46. The number of hydrogen-bond acceptors (Lipinski definition) is 2. The number of nitrogens with zero attached hydrogens (tertiary/aromatic N) is 2. The van der Waals surface area contributed by atoms with Gasteiger partial charge in [0.2, 0.25) is 5.91 Å². The number of nitrogens with one attached hydrogen (secondary N) is 1. The molecule has 1 aromatic heterocycles. The number of benzene rings is 2. The number of amides is 1. The van der Waals surface area contributed by atoms with Gasteiger partial charge >= 0.3 is 0 Å². The summed E-state index contributed by atoms with van der Waals surface area (Å²) in [5.41, 5.74) is 3.17. The lowest BCUT2D eigenvalue weighted by Crippen LogP contribution is -2.24. The van der Waals surface area contributed by atoms with Crippen molar-refractivity contribution in [3.05, 3.63) is 66.0 Å². The minimum atomic E-state index is 0. The molecule has 2 aromatic carbocycles. The second kappa shape index (κ2) is 7.79. The van der Waals surface area contributed by atoms with Gasteiger partial charge in [0, 0.05) is 19.5 Å². The fourth-order valence-corrected chi connectivity index (χ4v) is 2.58. The zero-order chi connectivity index (χ0) is 15.4. The molecule has 3 rings (SSSR count). The zero-order valence-electron chi connectivity index (χ0n) is 13.0. The fraction of sp³-hybridized carbons (Fsp3) is 0.222. The smallest absolute Gasteiger partial charge is 0.222 e. The molecule has 4 nitrogen and oxygen atoms in total. The van der Waals surface area contributed by atoms with E-state index in [1.54, 1.807) is 0 Å². The molecule has 0 unspecified atom stereocenters. The summed E-state index contributed by atoms with van der Waals surface area (Å²) in [5.74, 6) is 0.998. The Balaban J connectivity index is 0.00000192. The first-order valence-corrected chi connectivity index (χ1v) is 7.46. The molecule has 0 bridgehead atoms. The highest BCUT2D eigenvalue weighted by molar-refractivity contribution is 5.85. The second-order valence-corrected chi connectivity index (χ2v) is 5.31. The summed E-state index contributed by atoms with van der Waals surface area (Å²) in [5, 5.41) is 2.96. The summed E-state index contributed by atoms with van der Waals surface area (Å²) < 4.78 is 2.09. The average molecular weight is 330 g/mol. The number of aromatic nitrogens is 2. The maximum atomic E-state index is 12.0. The van der Waals surface area contributed by atoms with Crippen molar-refractivity contribution in [2.45, 2.75) is 26.4 Å². The monoisotopic (exact) mass is 329 g/mol. The van der Waals surface area contributed by atoms with Gasteiger partial charge in [0.15, 0.2) is 0 Å². The molecule has 1 N–H and O–H groups in total. The molecule has 0 spiro atoms. The van der Waals surface area contributed by atoms with Gasteiger partial charge in [-0.05, 0) is 24.6 Å². The van der Waals surface area contributed by atoms with Gasteiger partial charge < -0.3 is 9.88 Å². The van der Waals surface area contributed by atoms with E-state index in [0.29, 0.717) is 19.5 Å². The molecule has 1 amide bonds. The van der Waals surface area contributed by atoms with Gasteiger partial charge in [-0.1, -0.05) is 42.5 Å². The third-order valence-corrected chi connectivity index (χ3v) is 3.74. The summed E-state index contributed by atoms with van der Waals surface area (Å²) in [6.45, 7) is 3.19. The number of carbonyl (C=O) groups is 1. The van der Waals surface area contributed by atoms with Crippen molar-refractivity contribution in [3.63, 3.8) is 0 Å². The maximum Gasteiger partial charge on any atom is 0.222 e. The third-order valence-electron chi connectivity index (χ3n) is 3.74. The minimum Gasteiger partial charge on any atom is -0.352 e. The molecule has 23 heavy (non-hydrogen) atoms. The van der Waals surface area contributed by atoms with E-state index in [4.69, 9.17) is 0 Å². The minimum absolute atomic E-state index is 0. The quantitative estimate of drug-likeness (QED) is 0.779. The Morgan fingerprint density at radius 2 is 1.78 bits per heavy atom. The number of hydrogen-bond donors (Lipinski definition) is 1. The van der Waals surface area contributed by atoms with Crippen LogP contribution in [0.3, 0.4) is 0 Å². The van der Waals surface area contributed by atoms with Crippen LogP contribution in [0.5, 0.6) is 0 Å². The number of rotatable bonds is 5. The highest BCUT2D eigenvalue weighted by Crippen LogP contribution is 2.15. The summed E-state index contributed by atoms with van der Waals surface area (Å²) in [4.78, 5) is 16.5. The van der Waals surface area contributed by atoms with Crippen LogP contribution in [-0.2, 0) is 17.9 Å². The molecular weight excluding hydrogens is 310 g/mol. The molecule has 0 aliphatic heterocycles. The van der Waals surface area contributed by atoms with Gasteiger partial charge in [0.05, 0.1) is 11.0 Å². The van der Waals surface area contributed by atoms with Crippen LogP contribution in [0.15, 0.2) is 54.6 Å². The molecular formula is C18H20ClN3O. The number of carbonyl (C=O) groups excluding carboxylic acids is 1. The Hall–Kier alpha value is -2.33. The van der Waals surface area contributed by atoms with Gasteiger partial charge in [-0.2, -0.15) is 0 Å². The molecule has 1 heterocycles. The Kier molecular flexibility index (Phi) is 5.77. The topological polar surface area (TPSA) is 46.9 Å². The normalized spacial score (nSPS) is 10.3. The lowest BCUT2D eigenvalue weighted by Gasteiger charge is -2.08. The molecule has 0 aliphatic carbocycles. The lowest BCUT2D eigenvalue weighted by atomic mass is 10.2. The fourth-order valence-electron chi connectivity index (χ4n) is 2.58. The van der Waals surface area contributed by atoms with Gasteiger partial charge in [-0.25, -0.2) is 4.98 Å². The van der Waals surface area contributed by atoms with Crippen LogP contribution in [-0.4, -0.2) is 15.5 Å². The molecule has 0 fully saturated rings. The molecule has 3 aromatic rings. The number of fused-ring (bicyclic) bond motifs is 1. The van der Waals surface area contributed by atoms with Crippen LogP contribution in [0, 0.1) is 6.92 Å². The van der Waals surface area contributed by atoms with Gasteiger partial charge in [-0.15, -0.1) is 12.4 Å². The molecule has 0 atom stereocenters. The van der Waals surface area contributed by atoms with E-state index in [-0.39, 0.29) is 18.3 Å². The van der Waals surface area contributed by atoms with Crippen LogP contribution in [0.1, 0.15) is 17.8 Å². The zero-order valence-corrected chi connectivity index (χ0v) is 13.8. The van der Waals surface area contributed by atoms with E-state index in [2.05, 4.69) is 14.9 Å². The SMILES string of the molecule is Cc1nc2ccccc2n1CCC(=O)NCc1ccccc1.Cl. The van der Waals surface area contributed by atoms with E-state index in [1.807, 2.05) is 61.5 Å². The predicted molar refractivity (Wildman–Crippen MR) is 94.6 cm³/mol. The molecule has 0 radical (unpaired) electrons. The Labute approximate surface area is 141 Å². The summed E-state index contributed by atoms with van der Waals surface area (Å²) in [6.07, 6.45) is 0.452. The van der Waals surface area contributed by atoms with E-state index in [9.17, 15) is 4.79 Å². The molecule has 0 saturated heterocycles. The van der Waals surface area contributed by atoms with Crippen molar-refractivity contribution in [3.8, 4) is 0 Å². The van der Waals surface area contributed by atoms with Gasteiger partial charge in [0.1, 0.15) is 5.82 Å². The predicted octanol–water partition coefficient (Wildman–Crippen LogP) is 3.47. The summed E-state index contributed by atoms with van der Waals surface area (Å²) in [6, 6.07) is 17.9. The third kappa shape index (κ3) is 4.11. The van der Waals surface area contributed by atoms with E-state index in [0.717, 1.165) is 22.4 Å². The Morgan fingerprint density at radius 1 is 1.09 bits per heavy atom. The lowest BCUT2D eigenvalue weighted by molar-refractivity contribution is -0.121. The van der Waals surface area contributed by atoms with Crippen LogP contribution < -0.4 is 5.32 Å². The molecule has 5 heteroatoms. The van der Waals surface area contributed by atoms with E-state index >= 15 is 0 Å². The maximum absolute atomic E-state index is 12.0. The Bertz CT molecular complexity index is 783. The summed E-state index contributed by atoms with van der Waals surface area (Å²) >= 11 is 0. The van der Waals surface area contributed by atoms with Crippen LogP contribution in [0.4, 0.5) is 0 Å². The number of aryl methyl sites for hydroxylation is 2. The average Bonchev–Trinajstić information content (AvgIpc) is 2.87. The highest BCUT2D eigenvalue weighted by atomic mass is 35.5. The summed E-state index contributed by atoms with van der Waals surface area (Å²) in [7, 11) is 0. The molecule has 120 valence electrons. The van der Waals surface area contributed by atoms with E-state index in [1.165, 1.54) is 0 Å². The van der Waals surface area contributed by atoms with Crippen molar-refractivity contribution in [2.24, 2.45) is 0 Å². The number of imidazole rings is 1. The second-order valence-electron chi connectivity index (χ2n) is 5.31. The highest BCUT2D eigenvalue weighted by Gasteiger charge is 2.08. The van der Waals surface area contributed by atoms with E-state index < -0.39 is 0 Å². The first kappa shape index (κ1) is 17.0. The van der Waals surface area contributed by atoms with Crippen LogP contribution in [0.25, 0.3) is 11.0 Å². The van der Waals surface area contributed by atoms with Crippen molar-refractivity contribution in [1.82, 2.24) is 14.9 Å².